The third kappa shape index (κ3) is 4.30. The molecule has 0 radical (unpaired) electrons. The van der Waals surface area contributed by atoms with Crippen LogP contribution in [0, 0.1) is 0 Å². The highest BCUT2D eigenvalue weighted by atomic mass is 16.5. The predicted octanol–water partition coefficient (Wildman–Crippen LogP) is 3.92. The van der Waals surface area contributed by atoms with Gasteiger partial charge < -0.3 is 19.9 Å². The van der Waals surface area contributed by atoms with Gasteiger partial charge in [-0.05, 0) is 55.6 Å². The third-order valence-corrected chi connectivity index (χ3v) is 4.92. The minimum absolute atomic E-state index is 0.0199. The SMILES string of the molecule is CC1(C)CC(Oc2nccc3cc(NC(=O)c4ncccc4O)ccc23)CCO1. The van der Waals surface area contributed by atoms with E-state index in [1.807, 2.05) is 18.2 Å². The molecule has 3 aromatic rings. The molecule has 0 bridgehead atoms. The fourth-order valence-electron chi connectivity index (χ4n) is 3.52. The van der Waals surface area contributed by atoms with E-state index in [-0.39, 0.29) is 23.1 Å². The number of amides is 1. The van der Waals surface area contributed by atoms with Crippen LogP contribution in [0.25, 0.3) is 10.8 Å². The first-order valence-corrected chi connectivity index (χ1v) is 9.56. The van der Waals surface area contributed by atoms with Crippen LogP contribution >= 0.6 is 0 Å². The molecular formula is C22H23N3O4. The molecule has 1 saturated heterocycles. The van der Waals surface area contributed by atoms with Crippen LogP contribution in [0.3, 0.4) is 0 Å². The van der Waals surface area contributed by atoms with Crippen LogP contribution in [0.15, 0.2) is 48.8 Å². The lowest BCUT2D eigenvalue weighted by molar-refractivity contribution is -0.0901. The van der Waals surface area contributed by atoms with Crippen molar-refractivity contribution in [2.24, 2.45) is 0 Å². The van der Waals surface area contributed by atoms with Crippen molar-refractivity contribution in [3.8, 4) is 11.6 Å². The van der Waals surface area contributed by atoms with E-state index >= 15 is 0 Å². The Hall–Kier alpha value is -3.19. The van der Waals surface area contributed by atoms with E-state index < -0.39 is 5.91 Å². The Kier molecular flexibility index (Phi) is 5.07. The summed E-state index contributed by atoms with van der Waals surface area (Å²) in [5.74, 6) is -0.0621. The average Bonchev–Trinajstić information content (AvgIpc) is 2.67. The molecule has 0 spiro atoms. The molecule has 1 aliphatic heterocycles. The Labute approximate surface area is 168 Å². The number of benzene rings is 1. The smallest absolute Gasteiger partial charge is 0.278 e. The monoisotopic (exact) mass is 393 g/mol. The third-order valence-electron chi connectivity index (χ3n) is 4.92. The largest absolute Gasteiger partial charge is 0.505 e. The molecule has 2 aromatic heterocycles. The Morgan fingerprint density at radius 3 is 2.90 bits per heavy atom. The molecule has 2 N–H and O–H groups in total. The highest BCUT2D eigenvalue weighted by Crippen LogP contribution is 2.31. The number of aromatic hydroxyl groups is 1. The van der Waals surface area contributed by atoms with Gasteiger partial charge >= 0.3 is 0 Å². The van der Waals surface area contributed by atoms with Gasteiger partial charge in [-0.3, -0.25) is 4.79 Å². The van der Waals surface area contributed by atoms with Gasteiger partial charge in [-0.25, -0.2) is 9.97 Å². The van der Waals surface area contributed by atoms with Crippen LogP contribution in [0.4, 0.5) is 5.69 Å². The Morgan fingerprint density at radius 1 is 1.24 bits per heavy atom. The van der Waals surface area contributed by atoms with E-state index in [0.717, 1.165) is 23.6 Å². The fraction of sp³-hybridized carbons (Fsp3) is 0.318. The zero-order valence-electron chi connectivity index (χ0n) is 16.4. The fourth-order valence-corrected chi connectivity index (χ4v) is 3.52. The van der Waals surface area contributed by atoms with Crippen LogP contribution < -0.4 is 10.1 Å². The summed E-state index contributed by atoms with van der Waals surface area (Å²) in [7, 11) is 0. The van der Waals surface area contributed by atoms with E-state index in [1.54, 1.807) is 18.3 Å². The number of rotatable bonds is 4. The summed E-state index contributed by atoms with van der Waals surface area (Å²) in [6.07, 6.45) is 4.82. The molecule has 1 amide bonds. The molecule has 1 aliphatic rings. The van der Waals surface area contributed by atoms with Gasteiger partial charge in [0, 0.05) is 36.3 Å². The Bertz CT molecular complexity index is 1050. The minimum Gasteiger partial charge on any atom is -0.505 e. The highest BCUT2D eigenvalue weighted by Gasteiger charge is 2.30. The second-order valence-electron chi connectivity index (χ2n) is 7.72. The lowest BCUT2D eigenvalue weighted by Crippen LogP contribution is -2.39. The van der Waals surface area contributed by atoms with Crippen LogP contribution in [-0.2, 0) is 4.74 Å². The van der Waals surface area contributed by atoms with Crippen molar-refractivity contribution in [1.29, 1.82) is 0 Å². The Balaban J connectivity index is 1.55. The molecule has 1 aromatic carbocycles. The molecule has 150 valence electrons. The molecule has 29 heavy (non-hydrogen) atoms. The second kappa shape index (κ2) is 7.67. The standard InChI is InChI=1S/C22H23N3O4/c1-22(2)13-16(8-11-28-22)29-21-17-6-5-15(12-14(17)7-10-24-21)25-20(27)19-18(26)4-3-9-23-19/h3-7,9-10,12,16,26H,8,11,13H2,1-2H3,(H,25,27). The van der Waals surface area contributed by atoms with Gasteiger partial charge in [-0.2, -0.15) is 0 Å². The van der Waals surface area contributed by atoms with Crippen molar-refractivity contribution < 1.29 is 19.4 Å². The van der Waals surface area contributed by atoms with Crippen molar-refractivity contribution in [2.75, 3.05) is 11.9 Å². The molecule has 7 heteroatoms. The number of fused-ring (bicyclic) bond motifs is 1. The average molecular weight is 393 g/mol. The first kappa shape index (κ1) is 19.1. The number of nitrogens with one attached hydrogen (secondary N) is 1. The first-order valence-electron chi connectivity index (χ1n) is 9.56. The van der Waals surface area contributed by atoms with Gasteiger partial charge in [0.15, 0.2) is 5.69 Å². The van der Waals surface area contributed by atoms with E-state index in [9.17, 15) is 9.90 Å². The van der Waals surface area contributed by atoms with E-state index in [4.69, 9.17) is 9.47 Å². The zero-order chi connectivity index (χ0) is 20.4. The number of aromatic nitrogens is 2. The van der Waals surface area contributed by atoms with Crippen molar-refractivity contribution in [1.82, 2.24) is 9.97 Å². The first-order chi connectivity index (χ1) is 13.9. The maximum Gasteiger partial charge on any atom is 0.278 e. The van der Waals surface area contributed by atoms with E-state index in [2.05, 4.69) is 29.1 Å². The summed E-state index contributed by atoms with van der Waals surface area (Å²) in [4.78, 5) is 20.7. The van der Waals surface area contributed by atoms with Gasteiger partial charge in [0.05, 0.1) is 12.2 Å². The number of hydrogen-bond donors (Lipinski definition) is 2. The van der Waals surface area contributed by atoms with Gasteiger partial charge in [0.2, 0.25) is 5.88 Å². The lowest BCUT2D eigenvalue weighted by atomic mass is 9.96. The molecule has 0 saturated carbocycles. The van der Waals surface area contributed by atoms with Crippen molar-refractivity contribution in [3.63, 3.8) is 0 Å². The summed E-state index contributed by atoms with van der Waals surface area (Å²) in [6.45, 7) is 4.79. The molecule has 4 rings (SSSR count). The number of carbonyl (C=O) groups excluding carboxylic acids is 1. The Morgan fingerprint density at radius 2 is 2.10 bits per heavy atom. The van der Waals surface area contributed by atoms with Crippen LogP contribution in [0.1, 0.15) is 37.2 Å². The summed E-state index contributed by atoms with van der Waals surface area (Å²) in [6, 6.07) is 10.4. The summed E-state index contributed by atoms with van der Waals surface area (Å²) < 4.78 is 11.9. The van der Waals surface area contributed by atoms with Crippen LogP contribution in [0.2, 0.25) is 0 Å². The van der Waals surface area contributed by atoms with Crippen molar-refractivity contribution in [2.45, 2.75) is 38.4 Å². The predicted molar refractivity (Wildman–Crippen MR) is 109 cm³/mol. The number of nitrogens with zero attached hydrogens (tertiary/aromatic N) is 2. The van der Waals surface area contributed by atoms with Crippen LogP contribution in [0.5, 0.6) is 11.6 Å². The molecule has 1 unspecified atom stereocenters. The van der Waals surface area contributed by atoms with Gasteiger partial charge in [-0.1, -0.05) is 0 Å². The maximum atomic E-state index is 12.4. The number of hydrogen-bond acceptors (Lipinski definition) is 6. The number of anilines is 1. The van der Waals surface area contributed by atoms with Gasteiger partial charge in [0.1, 0.15) is 11.9 Å². The zero-order valence-corrected chi connectivity index (χ0v) is 16.4. The lowest BCUT2D eigenvalue weighted by Gasteiger charge is -2.35. The van der Waals surface area contributed by atoms with E-state index in [1.165, 1.54) is 12.3 Å². The van der Waals surface area contributed by atoms with Gasteiger partial charge in [0.25, 0.3) is 5.91 Å². The summed E-state index contributed by atoms with van der Waals surface area (Å²) >= 11 is 0. The van der Waals surface area contributed by atoms with Gasteiger partial charge in [-0.15, -0.1) is 0 Å². The highest BCUT2D eigenvalue weighted by molar-refractivity contribution is 6.05. The van der Waals surface area contributed by atoms with Crippen molar-refractivity contribution in [3.05, 3.63) is 54.5 Å². The molecule has 0 aliphatic carbocycles. The number of ether oxygens (including phenoxy) is 2. The summed E-state index contributed by atoms with van der Waals surface area (Å²) in [5.41, 5.74) is 0.368. The molecular weight excluding hydrogens is 370 g/mol. The van der Waals surface area contributed by atoms with E-state index in [0.29, 0.717) is 18.2 Å². The molecule has 1 atom stereocenters. The topological polar surface area (TPSA) is 93.6 Å². The van der Waals surface area contributed by atoms with Crippen LogP contribution in [-0.4, -0.2) is 39.3 Å². The normalized spacial score (nSPS) is 18.3. The second-order valence-corrected chi connectivity index (χ2v) is 7.72. The summed E-state index contributed by atoms with van der Waals surface area (Å²) in [5, 5.41) is 14.3. The quantitative estimate of drug-likeness (QED) is 0.698. The number of carbonyl (C=O) groups is 1. The minimum atomic E-state index is -0.475. The number of pyridine rings is 2. The molecule has 3 heterocycles. The maximum absolute atomic E-state index is 12.4. The molecule has 1 fully saturated rings. The van der Waals surface area contributed by atoms with Crippen molar-refractivity contribution >= 4 is 22.4 Å². The molecule has 7 nitrogen and oxygen atoms in total.